The molecule has 0 bridgehead atoms. The van der Waals surface area contributed by atoms with E-state index in [2.05, 4.69) is 23.3 Å². The van der Waals surface area contributed by atoms with E-state index in [0.717, 1.165) is 17.5 Å². The van der Waals surface area contributed by atoms with Gasteiger partial charge in [0.05, 0.1) is 0 Å². The lowest BCUT2D eigenvalue weighted by Crippen LogP contribution is -2.30. The molecule has 3 heteroatoms. The third kappa shape index (κ3) is 2.27. The second-order valence-corrected chi connectivity index (χ2v) is 5.77. The summed E-state index contributed by atoms with van der Waals surface area (Å²) in [6.07, 6.45) is 3.81. The van der Waals surface area contributed by atoms with Crippen molar-refractivity contribution in [1.29, 1.82) is 0 Å². The van der Waals surface area contributed by atoms with E-state index >= 15 is 0 Å². The van der Waals surface area contributed by atoms with Crippen molar-refractivity contribution >= 4 is 22.5 Å². The number of hydrogen-bond acceptors (Lipinski definition) is 1. The summed E-state index contributed by atoms with van der Waals surface area (Å²) in [5.74, 6) is 0.770. The lowest BCUT2D eigenvalue weighted by molar-refractivity contribution is 0.376. The highest BCUT2D eigenvalue weighted by molar-refractivity contribution is 6.31. The maximum Gasteiger partial charge on any atom is 0.0473 e. The number of halogens is 1. The second-order valence-electron chi connectivity index (χ2n) is 5.33. The van der Waals surface area contributed by atoms with Gasteiger partial charge in [-0.3, -0.25) is 0 Å². The quantitative estimate of drug-likeness (QED) is 0.849. The van der Waals surface area contributed by atoms with Crippen LogP contribution >= 0.6 is 11.6 Å². The molecule has 1 aromatic heterocycles. The summed E-state index contributed by atoms with van der Waals surface area (Å²) in [5, 5.41) is 5.63. The van der Waals surface area contributed by atoms with E-state index in [1.165, 1.54) is 48.0 Å². The first-order valence-corrected chi connectivity index (χ1v) is 7.09. The zero-order valence-corrected chi connectivity index (χ0v) is 11.5. The van der Waals surface area contributed by atoms with Crippen molar-refractivity contribution in [3.63, 3.8) is 0 Å². The van der Waals surface area contributed by atoms with Gasteiger partial charge in [0, 0.05) is 21.6 Å². The number of aromatic amines is 1. The van der Waals surface area contributed by atoms with Crippen LogP contribution in [0.1, 0.15) is 24.1 Å². The summed E-state index contributed by atoms with van der Waals surface area (Å²) in [5.41, 5.74) is 3.92. The lowest BCUT2D eigenvalue weighted by Gasteiger charge is -2.22. The Morgan fingerprint density at radius 3 is 3.06 bits per heavy atom. The molecule has 0 spiro atoms. The molecule has 2 aromatic rings. The standard InChI is InChI=1S/C15H19ClN2/c1-10-14(7-11-3-2-6-17-9-11)13-5-4-12(16)8-15(13)18-10/h4-5,8,11,17-18H,2-3,6-7,9H2,1H3. The number of benzene rings is 1. The van der Waals surface area contributed by atoms with Crippen LogP contribution in [0.2, 0.25) is 5.02 Å². The minimum Gasteiger partial charge on any atom is -0.358 e. The molecule has 0 amide bonds. The van der Waals surface area contributed by atoms with Crippen molar-refractivity contribution in [2.75, 3.05) is 13.1 Å². The van der Waals surface area contributed by atoms with Gasteiger partial charge in [-0.25, -0.2) is 0 Å². The van der Waals surface area contributed by atoms with Crippen molar-refractivity contribution in [1.82, 2.24) is 10.3 Å². The largest absolute Gasteiger partial charge is 0.358 e. The van der Waals surface area contributed by atoms with Gasteiger partial charge < -0.3 is 10.3 Å². The van der Waals surface area contributed by atoms with Gasteiger partial charge in [0.2, 0.25) is 0 Å². The average molecular weight is 263 g/mol. The third-order valence-corrected chi connectivity index (χ3v) is 4.21. The average Bonchev–Trinajstić information content (AvgIpc) is 2.66. The first-order valence-electron chi connectivity index (χ1n) is 6.71. The van der Waals surface area contributed by atoms with E-state index in [1.54, 1.807) is 0 Å². The van der Waals surface area contributed by atoms with Gasteiger partial charge in [-0.2, -0.15) is 0 Å². The van der Waals surface area contributed by atoms with Gasteiger partial charge in [-0.1, -0.05) is 17.7 Å². The molecule has 2 heterocycles. The fraction of sp³-hybridized carbons (Fsp3) is 0.467. The number of hydrogen-bond donors (Lipinski definition) is 2. The zero-order valence-electron chi connectivity index (χ0n) is 10.7. The Kier molecular flexibility index (Phi) is 3.31. The highest BCUT2D eigenvalue weighted by atomic mass is 35.5. The highest BCUT2D eigenvalue weighted by Crippen LogP contribution is 2.28. The molecule has 1 unspecified atom stereocenters. The van der Waals surface area contributed by atoms with Crippen molar-refractivity contribution in [2.24, 2.45) is 5.92 Å². The van der Waals surface area contributed by atoms with Crippen molar-refractivity contribution in [2.45, 2.75) is 26.2 Å². The summed E-state index contributed by atoms with van der Waals surface area (Å²) >= 11 is 6.04. The van der Waals surface area contributed by atoms with Gasteiger partial charge >= 0.3 is 0 Å². The minimum atomic E-state index is 0.770. The number of fused-ring (bicyclic) bond motifs is 1. The Labute approximate surface area is 113 Å². The molecule has 1 aliphatic heterocycles. The van der Waals surface area contributed by atoms with E-state index in [0.29, 0.717) is 0 Å². The van der Waals surface area contributed by atoms with Gasteiger partial charge in [-0.15, -0.1) is 0 Å². The fourth-order valence-corrected chi connectivity index (χ4v) is 3.18. The summed E-state index contributed by atoms with van der Waals surface area (Å²) in [7, 11) is 0. The van der Waals surface area contributed by atoms with Gasteiger partial charge in [0.15, 0.2) is 0 Å². The van der Waals surface area contributed by atoms with Crippen molar-refractivity contribution in [3.05, 3.63) is 34.5 Å². The normalized spacial score (nSPS) is 20.4. The number of H-pyrrole nitrogens is 1. The molecule has 2 N–H and O–H groups in total. The van der Waals surface area contributed by atoms with Crippen LogP contribution in [0.3, 0.4) is 0 Å². The Balaban J connectivity index is 1.92. The van der Waals surface area contributed by atoms with E-state index in [-0.39, 0.29) is 0 Å². The predicted molar refractivity (Wildman–Crippen MR) is 77.3 cm³/mol. The fourth-order valence-electron chi connectivity index (χ4n) is 3.01. The maximum absolute atomic E-state index is 6.04. The molecule has 1 aromatic carbocycles. The lowest BCUT2D eigenvalue weighted by atomic mass is 9.91. The van der Waals surface area contributed by atoms with Crippen LogP contribution in [-0.2, 0) is 6.42 Å². The van der Waals surface area contributed by atoms with Crippen LogP contribution in [0, 0.1) is 12.8 Å². The van der Waals surface area contributed by atoms with Crippen molar-refractivity contribution in [3.8, 4) is 0 Å². The van der Waals surface area contributed by atoms with Gasteiger partial charge in [0.25, 0.3) is 0 Å². The van der Waals surface area contributed by atoms with Crippen LogP contribution in [0.25, 0.3) is 10.9 Å². The molecule has 96 valence electrons. The number of nitrogens with one attached hydrogen (secondary N) is 2. The zero-order chi connectivity index (χ0) is 12.5. The topological polar surface area (TPSA) is 27.8 Å². The van der Waals surface area contributed by atoms with E-state index in [4.69, 9.17) is 11.6 Å². The molecule has 2 nitrogen and oxygen atoms in total. The number of piperidine rings is 1. The molecule has 1 aliphatic rings. The Hall–Kier alpha value is -0.990. The molecule has 0 aliphatic carbocycles. The molecule has 18 heavy (non-hydrogen) atoms. The van der Waals surface area contributed by atoms with Crippen LogP contribution in [0.4, 0.5) is 0 Å². The SMILES string of the molecule is Cc1[nH]c2cc(Cl)ccc2c1CC1CCCNC1. The highest BCUT2D eigenvalue weighted by Gasteiger charge is 2.17. The summed E-state index contributed by atoms with van der Waals surface area (Å²) in [6, 6.07) is 6.15. The summed E-state index contributed by atoms with van der Waals surface area (Å²) in [6.45, 7) is 4.50. The summed E-state index contributed by atoms with van der Waals surface area (Å²) < 4.78 is 0. The van der Waals surface area contributed by atoms with Crippen LogP contribution in [0.15, 0.2) is 18.2 Å². The molecule has 3 rings (SSSR count). The van der Waals surface area contributed by atoms with Crippen LogP contribution in [-0.4, -0.2) is 18.1 Å². The number of aromatic nitrogens is 1. The summed E-state index contributed by atoms with van der Waals surface area (Å²) in [4.78, 5) is 3.45. The molecule has 0 saturated carbocycles. The van der Waals surface area contributed by atoms with Crippen LogP contribution in [0.5, 0.6) is 0 Å². The molecular formula is C15H19ClN2. The molecular weight excluding hydrogens is 244 g/mol. The monoisotopic (exact) mass is 262 g/mol. The van der Waals surface area contributed by atoms with E-state index < -0.39 is 0 Å². The minimum absolute atomic E-state index is 0.770. The van der Waals surface area contributed by atoms with Crippen molar-refractivity contribution < 1.29 is 0 Å². The maximum atomic E-state index is 6.04. The van der Waals surface area contributed by atoms with Crippen LogP contribution < -0.4 is 5.32 Å². The number of aryl methyl sites for hydroxylation is 1. The molecule has 1 fully saturated rings. The Morgan fingerprint density at radius 2 is 2.28 bits per heavy atom. The smallest absolute Gasteiger partial charge is 0.0473 e. The van der Waals surface area contributed by atoms with E-state index in [1.807, 2.05) is 12.1 Å². The van der Waals surface area contributed by atoms with E-state index in [9.17, 15) is 0 Å². The van der Waals surface area contributed by atoms with Gasteiger partial charge in [-0.05, 0) is 62.9 Å². The molecule has 0 radical (unpaired) electrons. The second kappa shape index (κ2) is 4.94. The third-order valence-electron chi connectivity index (χ3n) is 3.97. The predicted octanol–water partition coefficient (Wildman–Crippen LogP) is 3.67. The van der Waals surface area contributed by atoms with Gasteiger partial charge in [0.1, 0.15) is 0 Å². The Morgan fingerprint density at radius 1 is 1.39 bits per heavy atom. The Bertz CT molecular complexity index is 553. The molecule has 1 atom stereocenters. The first kappa shape index (κ1) is 12.1. The first-order chi connectivity index (χ1) is 8.74. The number of rotatable bonds is 2. The molecule has 1 saturated heterocycles.